The number of halogens is 2. The molecule has 0 spiro atoms. The molecule has 0 fully saturated rings. The van der Waals surface area contributed by atoms with E-state index in [1.807, 2.05) is 55.5 Å². The smallest absolute Gasteiger partial charge is 0.266 e. The lowest BCUT2D eigenvalue weighted by Gasteiger charge is -2.13. The van der Waals surface area contributed by atoms with E-state index in [-0.39, 0.29) is 5.57 Å². The predicted molar refractivity (Wildman–Crippen MR) is 139 cm³/mol. The first-order chi connectivity index (χ1) is 16.0. The minimum atomic E-state index is -0.470. The Bertz CT molecular complexity index is 1440. The van der Waals surface area contributed by atoms with Gasteiger partial charge in [0.25, 0.3) is 5.91 Å². The van der Waals surface area contributed by atoms with Gasteiger partial charge in [0.05, 0.1) is 0 Å². The summed E-state index contributed by atoms with van der Waals surface area (Å²) < 4.78 is 1.02. The molecule has 0 radical (unpaired) electrons. The zero-order chi connectivity index (χ0) is 23.4. The van der Waals surface area contributed by atoms with E-state index in [0.29, 0.717) is 17.1 Å². The fourth-order valence-corrected chi connectivity index (χ4v) is 4.32. The Morgan fingerprint density at radius 2 is 1.79 bits per heavy atom. The number of hydrogen-bond donors (Lipinski definition) is 1. The van der Waals surface area contributed by atoms with Crippen LogP contribution in [0.3, 0.4) is 0 Å². The molecule has 33 heavy (non-hydrogen) atoms. The highest BCUT2D eigenvalue weighted by Crippen LogP contribution is 2.29. The summed E-state index contributed by atoms with van der Waals surface area (Å²) in [4.78, 5) is 13.0. The van der Waals surface area contributed by atoms with Crippen molar-refractivity contribution in [3.8, 4) is 6.07 Å². The Hall–Kier alpha value is -3.39. The summed E-state index contributed by atoms with van der Waals surface area (Å²) in [6.07, 6.45) is 2.34. The van der Waals surface area contributed by atoms with E-state index in [2.05, 4.69) is 45.5 Å². The van der Waals surface area contributed by atoms with Crippen LogP contribution in [0.25, 0.3) is 16.8 Å². The highest BCUT2D eigenvalue weighted by atomic mass is 79.9. The van der Waals surface area contributed by atoms with Crippen molar-refractivity contribution >= 4 is 56.0 Å². The van der Waals surface area contributed by atoms with Gasteiger partial charge in [-0.25, -0.2) is 0 Å². The summed E-state index contributed by atoms with van der Waals surface area (Å²) in [6, 6.07) is 27.5. The van der Waals surface area contributed by atoms with E-state index in [9.17, 15) is 10.1 Å². The second-order valence-corrected chi connectivity index (χ2v) is 9.00. The number of hydrogen-bond acceptors (Lipinski definition) is 2. The van der Waals surface area contributed by atoms with Crippen molar-refractivity contribution in [2.24, 2.45) is 0 Å². The van der Waals surface area contributed by atoms with E-state index >= 15 is 0 Å². The molecule has 4 rings (SSSR count). The predicted octanol–water partition coefficient (Wildman–Crippen LogP) is 7.70. The number of carbonyl (C=O) groups is 1. The number of benzene rings is 4. The van der Waals surface area contributed by atoms with Gasteiger partial charge < -0.3 is 5.32 Å². The standard InChI is InChI=1S/C28H20BrClN2O/c1-18-10-13-23(30)16-27(18)32-28(33)22(17-31)15-25-20(14-21-7-3-5-9-26(21)29)12-11-19-6-2-4-8-24(19)25/h2-13,15-16H,14H2,1H3,(H,32,33)/b22-15+. The van der Waals surface area contributed by atoms with Crippen LogP contribution in [0.4, 0.5) is 5.69 Å². The van der Waals surface area contributed by atoms with Gasteiger partial charge in [0.1, 0.15) is 11.6 Å². The fraction of sp³-hybridized carbons (Fsp3) is 0.0714. The van der Waals surface area contributed by atoms with Gasteiger partial charge in [-0.3, -0.25) is 4.79 Å². The van der Waals surface area contributed by atoms with Crippen molar-refractivity contribution < 1.29 is 4.79 Å². The third-order valence-corrected chi connectivity index (χ3v) is 6.51. The second kappa shape index (κ2) is 10.0. The molecule has 0 aliphatic heterocycles. The van der Waals surface area contributed by atoms with Crippen LogP contribution in [-0.2, 0) is 11.2 Å². The summed E-state index contributed by atoms with van der Waals surface area (Å²) in [6.45, 7) is 1.88. The average molecular weight is 516 g/mol. The molecule has 0 unspecified atom stereocenters. The first-order valence-corrected chi connectivity index (χ1v) is 11.6. The van der Waals surface area contributed by atoms with Gasteiger partial charge in [0.15, 0.2) is 0 Å². The topological polar surface area (TPSA) is 52.9 Å². The van der Waals surface area contributed by atoms with Crippen LogP contribution in [-0.4, -0.2) is 5.91 Å². The monoisotopic (exact) mass is 514 g/mol. The maximum Gasteiger partial charge on any atom is 0.266 e. The van der Waals surface area contributed by atoms with Crippen LogP contribution in [0.1, 0.15) is 22.3 Å². The lowest BCUT2D eigenvalue weighted by atomic mass is 9.93. The minimum Gasteiger partial charge on any atom is -0.321 e. The molecule has 0 aliphatic rings. The summed E-state index contributed by atoms with van der Waals surface area (Å²) in [7, 11) is 0. The molecule has 3 nitrogen and oxygen atoms in total. The van der Waals surface area contributed by atoms with Crippen molar-refractivity contribution in [2.45, 2.75) is 13.3 Å². The summed E-state index contributed by atoms with van der Waals surface area (Å²) in [5, 5.41) is 15.2. The number of nitrogens with zero attached hydrogens (tertiary/aromatic N) is 1. The molecule has 162 valence electrons. The molecule has 0 bridgehead atoms. The molecule has 0 saturated heterocycles. The van der Waals surface area contributed by atoms with Gasteiger partial charge in [0, 0.05) is 15.2 Å². The molecule has 0 atom stereocenters. The molecule has 0 aromatic heterocycles. The zero-order valence-corrected chi connectivity index (χ0v) is 20.2. The van der Waals surface area contributed by atoms with Crippen LogP contribution in [0.2, 0.25) is 5.02 Å². The van der Waals surface area contributed by atoms with Gasteiger partial charge in [-0.2, -0.15) is 5.26 Å². The van der Waals surface area contributed by atoms with Gasteiger partial charge in [-0.1, -0.05) is 88.2 Å². The van der Waals surface area contributed by atoms with E-state index in [1.165, 1.54) is 0 Å². The van der Waals surface area contributed by atoms with Crippen LogP contribution in [0.15, 0.2) is 88.9 Å². The molecular formula is C28H20BrClN2O. The zero-order valence-electron chi connectivity index (χ0n) is 17.9. The third-order valence-electron chi connectivity index (χ3n) is 5.50. The van der Waals surface area contributed by atoms with E-state index in [1.54, 1.807) is 18.2 Å². The van der Waals surface area contributed by atoms with Gasteiger partial charge in [-0.05, 0) is 70.6 Å². The van der Waals surface area contributed by atoms with Crippen molar-refractivity contribution in [2.75, 3.05) is 5.32 Å². The number of amides is 1. The fourth-order valence-electron chi connectivity index (χ4n) is 3.72. The molecule has 4 aromatic rings. The Balaban J connectivity index is 1.79. The highest BCUT2D eigenvalue weighted by Gasteiger charge is 2.15. The molecule has 0 saturated carbocycles. The lowest BCUT2D eigenvalue weighted by Crippen LogP contribution is -2.14. The largest absolute Gasteiger partial charge is 0.321 e. The first-order valence-electron chi connectivity index (χ1n) is 10.4. The van der Waals surface area contributed by atoms with Crippen LogP contribution >= 0.6 is 27.5 Å². The molecule has 1 N–H and O–H groups in total. The Morgan fingerprint density at radius 3 is 2.58 bits per heavy atom. The molecular weight excluding hydrogens is 496 g/mol. The maximum atomic E-state index is 13.0. The van der Waals surface area contributed by atoms with Crippen molar-refractivity contribution in [3.05, 3.63) is 116 Å². The van der Waals surface area contributed by atoms with Crippen molar-refractivity contribution in [3.63, 3.8) is 0 Å². The molecule has 1 amide bonds. The van der Waals surface area contributed by atoms with Crippen LogP contribution in [0.5, 0.6) is 0 Å². The molecule has 5 heteroatoms. The molecule has 0 aliphatic carbocycles. The number of rotatable bonds is 5. The summed E-state index contributed by atoms with van der Waals surface area (Å²) >= 11 is 9.71. The summed E-state index contributed by atoms with van der Waals surface area (Å²) in [5.74, 6) is -0.470. The number of anilines is 1. The highest BCUT2D eigenvalue weighted by molar-refractivity contribution is 9.10. The van der Waals surface area contributed by atoms with Crippen molar-refractivity contribution in [1.29, 1.82) is 5.26 Å². The van der Waals surface area contributed by atoms with Gasteiger partial charge in [0.2, 0.25) is 0 Å². The number of fused-ring (bicyclic) bond motifs is 1. The first kappa shape index (κ1) is 22.8. The minimum absolute atomic E-state index is 0.0269. The maximum absolute atomic E-state index is 13.0. The van der Waals surface area contributed by atoms with E-state index in [0.717, 1.165) is 37.5 Å². The lowest BCUT2D eigenvalue weighted by molar-refractivity contribution is -0.112. The van der Waals surface area contributed by atoms with Crippen LogP contribution < -0.4 is 5.32 Å². The van der Waals surface area contributed by atoms with Gasteiger partial charge in [-0.15, -0.1) is 0 Å². The van der Waals surface area contributed by atoms with Crippen LogP contribution in [0, 0.1) is 18.3 Å². The van der Waals surface area contributed by atoms with Gasteiger partial charge >= 0.3 is 0 Å². The summed E-state index contributed by atoms with van der Waals surface area (Å²) in [5.41, 5.74) is 4.49. The number of nitriles is 1. The Morgan fingerprint density at radius 1 is 1.03 bits per heavy atom. The Labute approximate surface area is 206 Å². The van der Waals surface area contributed by atoms with E-state index in [4.69, 9.17) is 11.6 Å². The SMILES string of the molecule is Cc1ccc(Cl)cc1NC(=O)/C(C#N)=C/c1c(Cc2ccccc2Br)ccc2ccccc12. The normalized spacial score (nSPS) is 11.3. The quantitative estimate of drug-likeness (QED) is 0.219. The number of aryl methyl sites for hydroxylation is 1. The Kier molecular flexibility index (Phi) is 6.93. The third kappa shape index (κ3) is 5.17. The molecule has 0 heterocycles. The van der Waals surface area contributed by atoms with Crippen molar-refractivity contribution in [1.82, 2.24) is 0 Å². The second-order valence-electron chi connectivity index (χ2n) is 7.71. The number of nitrogens with one attached hydrogen (secondary N) is 1. The average Bonchev–Trinajstić information content (AvgIpc) is 2.82. The number of carbonyl (C=O) groups excluding carboxylic acids is 1. The molecule has 4 aromatic carbocycles. The van der Waals surface area contributed by atoms with E-state index < -0.39 is 5.91 Å².